The Labute approximate surface area is 358 Å². The summed E-state index contributed by atoms with van der Waals surface area (Å²) in [6.45, 7) is 1.92. The van der Waals surface area contributed by atoms with E-state index in [0.717, 1.165) is 24.9 Å². The molecule has 2 atom stereocenters. The molecule has 16 nitrogen and oxygen atoms in total. The molecule has 3 aliphatic heterocycles. The molecular formula is C43H46F4N10O6. The van der Waals surface area contributed by atoms with Crippen molar-refractivity contribution >= 4 is 46.7 Å². The number of benzene rings is 1. The van der Waals surface area contributed by atoms with Gasteiger partial charge in [0, 0.05) is 74.4 Å². The van der Waals surface area contributed by atoms with Crippen LogP contribution in [0.4, 0.5) is 34.8 Å². The van der Waals surface area contributed by atoms with Crippen molar-refractivity contribution in [2.24, 2.45) is 11.8 Å². The van der Waals surface area contributed by atoms with E-state index in [2.05, 4.69) is 31.0 Å². The maximum Gasteiger partial charge on any atom is 0.284 e. The summed E-state index contributed by atoms with van der Waals surface area (Å²) in [5.74, 6) is -4.30. The zero-order valence-electron chi connectivity index (χ0n) is 34.2. The number of imide groups is 1. The Morgan fingerprint density at radius 1 is 0.937 bits per heavy atom. The van der Waals surface area contributed by atoms with Crippen LogP contribution in [-0.4, -0.2) is 104 Å². The number of hydrogen-bond donors (Lipinski definition) is 3. The predicted molar refractivity (Wildman–Crippen MR) is 217 cm³/mol. The van der Waals surface area contributed by atoms with Crippen molar-refractivity contribution in [1.29, 1.82) is 0 Å². The Morgan fingerprint density at radius 2 is 1.70 bits per heavy atom. The van der Waals surface area contributed by atoms with E-state index in [4.69, 9.17) is 4.42 Å². The molecule has 4 aromatic rings. The topological polar surface area (TPSA) is 188 Å². The second kappa shape index (κ2) is 17.4. The van der Waals surface area contributed by atoms with Crippen LogP contribution in [-0.2, 0) is 19.2 Å². The normalized spacial score (nSPS) is 23.1. The Bertz CT molecular complexity index is 2410. The van der Waals surface area contributed by atoms with Gasteiger partial charge in [-0.1, -0.05) is 0 Å². The van der Waals surface area contributed by atoms with Gasteiger partial charge in [0.15, 0.2) is 11.4 Å². The van der Waals surface area contributed by atoms with Gasteiger partial charge in [0.2, 0.25) is 29.5 Å². The third kappa shape index (κ3) is 8.97. The summed E-state index contributed by atoms with van der Waals surface area (Å²) in [6, 6.07) is 5.39. The maximum absolute atomic E-state index is 15.2. The van der Waals surface area contributed by atoms with Gasteiger partial charge in [-0.15, -0.1) is 0 Å². The fraction of sp³-hybridized carbons (Fsp3) is 0.488. The number of pyridine rings is 1. The zero-order chi connectivity index (χ0) is 43.9. The van der Waals surface area contributed by atoms with E-state index in [1.165, 1.54) is 28.6 Å². The van der Waals surface area contributed by atoms with Gasteiger partial charge in [0.1, 0.15) is 23.7 Å². The highest BCUT2D eigenvalue weighted by atomic mass is 19.3. The van der Waals surface area contributed by atoms with Gasteiger partial charge in [0.05, 0.1) is 30.1 Å². The number of hydrogen-bond acceptors (Lipinski definition) is 11. The Hall–Kier alpha value is -6.34. The van der Waals surface area contributed by atoms with Gasteiger partial charge >= 0.3 is 0 Å². The highest BCUT2D eigenvalue weighted by Crippen LogP contribution is 2.37. The monoisotopic (exact) mass is 874 g/mol. The second-order valence-electron chi connectivity index (χ2n) is 17.0. The van der Waals surface area contributed by atoms with Crippen LogP contribution in [0.2, 0.25) is 0 Å². The second-order valence-corrected chi connectivity index (χ2v) is 17.0. The minimum atomic E-state index is -2.96. The molecule has 3 aromatic heterocycles. The maximum atomic E-state index is 15.2. The fourth-order valence-electron chi connectivity index (χ4n) is 9.18. The van der Waals surface area contributed by atoms with E-state index in [0.29, 0.717) is 69.0 Å². The lowest BCUT2D eigenvalue weighted by Gasteiger charge is -2.42. The van der Waals surface area contributed by atoms with Crippen LogP contribution in [0.1, 0.15) is 97.9 Å². The molecule has 0 unspecified atom stereocenters. The predicted octanol–water partition coefficient (Wildman–Crippen LogP) is 5.42. The number of nitrogens with one attached hydrogen (secondary N) is 3. The van der Waals surface area contributed by atoms with E-state index in [-0.39, 0.29) is 78.4 Å². The lowest BCUT2D eigenvalue weighted by atomic mass is 9.89. The van der Waals surface area contributed by atoms with Crippen molar-refractivity contribution in [1.82, 2.24) is 34.9 Å². The molecule has 9 rings (SSSR count). The summed E-state index contributed by atoms with van der Waals surface area (Å²) in [5.41, 5.74) is -0.352. The van der Waals surface area contributed by atoms with E-state index in [1.54, 1.807) is 28.1 Å². The average molecular weight is 875 g/mol. The van der Waals surface area contributed by atoms with E-state index in [9.17, 15) is 32.8 Å². The first-order valence-electron chi connectivity index (χ1n) is 21.4. The fourth-order valence-corrected chi connectivity index (χ4v) is 9.18. The summed E-state index contributed by atoms with van der Waals surface area (Å²) >= 11 is 0. The van der Waals surface area contributed by atoms with Crippen LogP contribution in [0, 0.1) is 23.5 Å². The lowest BCUT2D eigenvalue weighted by molar-refractivity contribution is -0.149. The molecular weight excluding hydrogens is 829 g/mol. The first-order valence-corrected chi connectivity index (χ1v) is 21.4. The number of nitrogens with zero attached hydrogens (tertiary/aromatic N) is 7. The SMILES string of the molecule is O=C1CC[C@H](c2c(F)cc(N3CC[C@@H](C(=O)N4CCN(C5CCC(n6cc(NC(=O)c7coc(-c8ccnc(NCC9CC9)c8)n7)c(C(F)F)n6)CC5)C(=O)C4)C3)cc2F)C(=O)N1. The Morgan fingerprint density at radius 3 is 2.41 bits per heavy atom. The lowest BCUT2D eigenvalue weighted by Crippen LogP contribution is -2.57. The van der Waals surface area contributed by atoms with E-state index in [1.807, 2.05) is 0 Å². The van der Waals surface area contributed by atoms with Crippen molar-refractivity contribution < 1.29 is 46.0 Å². The molecule has 0 spiro atoms. The molecule has 1 aromatic carbocycles. The number of carbonyl (C=O) groups is 5. The van der Waals surface area contributed by atoms with Crippen molar-refractivity contribution in [3.05, 3.63) is 71.5 Å². The van der Waals surface area contributed by atoms with Crippen molar-refractivity contribution in [3.8, 4) is 11.5 Å². The third-order valence-corrected chi connectivity index (χ3v) is 12.8. The number of anilines is 3. The molecule has 332 valence electrons. The number of oxazole rings is 1. The summed E-state index contributed by atoms with van der Waals surface area (Å²) in [7, 11) is 0. The summed E-state index contributed by atoms with van der Waals surface area (Å²) in [5, 5.41) is 12.1. The van der Waals surface area contributed by atoms with Crippen LogP contribution >= 0.6 is 0 Å². The number of alkyl halides is 2. The molecule has 63 heavy (non-hydrogen) atoms. The summed E-state index contributed by atoms with van der Waals surface area (Å²) < 4.78 is 65.9. The standard InChI is InChI=1S/C43H46F4N10O6/c44-30-16-28(17-31(45)37(30)29-7-8-35(58)52-40(29)60)54-12-10-25(19-54)43(62)55-13-14-56(36(59)21-55)26-3-5-27(6-4-26)57-20-32(38(53-57)39(46)47)50-41(61)33-22-63-42(51-33)24-9-11-48-34(15-24)49-18-23-1-2-23/h9,11,15-17,20,22-23,25-27,29,39H,1-8,10,12-14,18-19,21H2,(H,48,49)(H,50,61)(H,52,58,60)/t25-,26?,27?,29-/m1/s1. The van der Waals surface area contributed by atoms with Crippen LogP contribution in [0.5, 0.6) is 0 Å². The van der Waals surface area contributed by atoms with Gasteiger partial charge in [-0.2, -0.15) is 5.10 Å². The Kier molecular flexibility index (Phi) is 11.6. The Balaban J connectivity index is 0.762. The largest absolute Gasteiger partial charge is 0.444 e. The quantitative estimate of drug-likeness (QED) is 0.122. The molecule has 0 radical (unpaired) electrons. The molecule has 5 amide bonds. The molecule has 5 aliphatic rings. The van der Waals surface area contributed by atoms with Crippen molar-refractivity contribution in [3.63, 3.8) is 0 Å². The number of aromatic nitrogens is 4. The number of rotatable bonds is 12. The van der Waals surface area contributed by atoms with Crippen LogP contribution in [0.15, 0.2) is 47.3 Å². The molecule has 20 heteroatoms. The molecule has 2 aliphatic carbocycles. The number of halogens is 4. The van der Waals surface area contributed by atoms with Gasteiger partial charge in [0.25, 0.3) is 12.3 Å². The molecule has 3 N–H and O–H groups in total. The van der Waals surface area contributed by atoms with Crippen LogP contribution in [0.25, 0.3) is 11.5 Å². The van der Waals surface area contributed by atoms with E-state index < -0.39 is 53.3 Å². The smallest absolute Gasteiger partial charge is 0.284 e. The minimum Gasteiger partial charge on any atom is -0.444 e. The molecule has 0 bridgehead atoms. The van der Waals surface area contributed by atoms with E-state index >= 15 is 8.78 Å². The van der Waals surface area contributed by atoms with Crippen molar-refractivity contribution in [2.75, 3.05) is 54.8 Å². The van der Waals surface area contributed by atoms with Crippen molar-refractivity contribution in [2.45, 2.75) is 82.2 Å². The highest BCUT2D eigenvalue weighted by Gasteiger charge is 2.39. The van der Waals surface area contributed by atoms with Gasteiger partial charge in [-0.3, -0.25) is 34.0 Å². The number of carbonyl (C=O) groups excluding carboxylic acids is 5. The first kappa shape index (κ1) is 42.0. The van der Waals surface area contributed by atoms with Crippen LogP contribution in [0.3, 0.4) is 0 Å². The summed E-state index contributed by atoms with van der Waals surface area (Å²) in [4.78, 5) is 77.7. The number of piperidine rings is 1. The van der Waals surface area contributed by atoms with Gasteiger partial charge in [-0.05, 0) is 81.5 Å². The average Bonchev–Trinajstić information content (AvgIpc) is 3.59. The highest BCUT2D eigenvalue weighted by molar-refractivity contribution is 6.03. The third-order valence-electron chi connectivity index (χ3n) is 12.8. The molecule has 3 saturated heterocycles. The van der Waals surface area contributed by atoms with Gasteiger partial charge in [-0.25, -0.2) is 27.5 Å². The number of piperazine rings is 1. The minimum absolute atomic E-state index is 0.00600. The number of amides is 5. The molecule has 2 saturated carbocycles. The van der Waals surface area contributed by atoms with Crippen LogP contribution < -0.4 is 20.9 Å². The zero-order valence-corrected chi connectivity index (χ0v) is 34.2. The first-order chi connectivity index (χ1) is 30.4. The summed E-state index contributed by atoms with van der Waals surface area (Å²) in [6.07, 6.45) is 6.23. The molecule has 5 fully saturated rings. The molecule has 6 heterocycles. The van der Waals surface area contributed by atoms with Gasteiger partial charge < -0.3 is 29.8 Å².